The van der Waals surface area contributed by atoms with E-state index >= 15 is 0 Å². The molecule has 0 aromatic carbocycles. The van der Waals surface area contributed by atoms with E-state index in [9.17, 15) is 4.79 Å². The van der Waals surface area contributed by atoms with E-state index in [-0.39, 0.29) is 6.04 Å². The van der Waals surface area contributed by atoms with Gasteiger partial charge in [-0.05, 0) is 19.4 Å². The van der Waals surface area contributed by atoms with Crippen molar-refractivity contribution in [1.29, 1.82) is 5.26 Å². The maximum atomic E-state index is 10.7. The Hall–Kier alpha value is -1.08. The van der Waals surface area contributed by atoms with Crippen LogP contribution < -0.4 is 5.32 Å². The van der Waals surface area contributed by atoms with Crippen LogP contribution in [0.3, 0.4) is 0 Å². The molecule has 1 aliphatic heterocycles. The normalized spacial score (nSPS) is 23.7. The zero-order valence-corrected chi connectivity index (χ0v) is 5.46. The number of nitriles is 1. The third kappa shape index (κ3) is 1.45. The lowest BCUT2D eigenvalue weighted by Gasteiger charge is -2.02. The molecule has 54 valence electrons. The van der Waals surface area contributed by atoms with E-state index in [0.29, 0.717) is 0 Å². The van der Waals surface area contributed by atoms with Crippen molar-refractivity contribution < 1.29 is 9.53 Å². The third-order valence-electron chi connectivity index (χ3n) is 1.49. The van der Waals surface area contributed by atoms with Gasteiger partial charge in [0.2, 0.25) is 0 Å². The van der Waals surface area contributed by atoms with Gasteiger partial charge in [0, 0.05) is 0 Å². The highest BCUT2D eigenvalue weighted by atomic mass is 16.5. The highest BCUT2D eigenvalue weighted by Gasteiger charge is 2.23. The molecule has 10 heavy (non-hydrogen) atoms. The van der Waals surface area contributed by atoms with Gasteiger partial charge in [0.1, 0.15) is 6.04 Å². The lowest BCUT2D eigenvalue weighted by Crippen LogP contribution is -2.31. The van der Waals surface area contributed by atoms with Crippen LogP contribution in [0.2, 0.25) is 0 Å². The minimum Gasteiger partial charge on any atom is -0.350 e. The van der Waals surface area contributed by atoms with Crippen LogP contribution in [-0.4, -0.2) is 18.6 Å². The van der Waals surface area contributed by atoms with Crippen molar-refractivity contribution in [3.63, 3.8) is 0 Å². The maximum Gasteiger partial charge on any atom is 0.338 e. The Morgan fingerprint density at radius 2 is 2.60 bits per heavy atom. The summed E-state index contributed by atoms with van der Waals surface area (Å²) in [7, 11) is 0. The van der Waals surface area contributed by atoms with Crippen LogP contribution in [-0.2, 0) is 9.53 Å². The summed E-state index contributed by atoms with van der Waals surface area (Å²) in [6.07, 6.45) is 3.11. The van der Waals surface area contributed by atoms with Crippen LogP contribution in [0.15, 0.2) is 0 Å². The lowest BCUT2D eigenvalue weighted by atomic mass is 10.2. The molecule has 0 aromatic heterocycles. The van der Waals surface area contributed by atoms with Crippen molar-refractivity contribution in [1.82, 2.24) is 5.32 Å². The van der Waals surface area contributed by atoms with Gasteiger partial charge >= 0.3 is 5.97 Å². The number of nitrogens with zero attached hydrogens (tertiary/aromatic N) is 1. The molecular weight excluding hydrogens is 132 g/mol. The Morgan fingerprint density at radius 1 is 1.80 bits per heavy atom. The van der Waals surface area contributed by atoms with Gasteiger partial charge in [-0.3, -0.25) is 0 Å². The molecule has 1 aliphatic rings. The van der Waals surface area contributed by atoms with Crippen LogP contribution in [0.1, 0.15) is 12.8 Å². The minimum absolute atomic E-state index is 0.250. The van der Waals surface area contributed by atoms with Crippen LogP contribution in [0.25, 0.3) is 0 Å². The minimum atomic E-state index is -0.458. The van der Waals surface area contributed by atoms with Crippen molar-refractivity contribution in [3.05, 3.63) is 0 Å². The molecule has 4 heteroatoms. The van der Waals surface area contributed by atoms with Gasteiger partial charge in [-0.25, -0.2) is 4.79 Å². The largest absolute Gasteiger partial charge is 0.350 e. The van der Waals surface area contributed by atoms with Crippen molar-refractivity contribution >= 4 is 5.97 Å². The number of hydrogen-bond acceptors (Lipinski definition) is 4. The number of hydrogen-bond donors (Lipinski definition) is 1. The van der Waals surface area contributed by atoms with E-state index in [0.717, 1.165) is 19.4 Å². The standard InChI is InChI=1S/C6H8N2O2/c7-4-10-6(9)5-2-1-3-8-5/h5,8H,1-3H2/t5-/m1/s1. The van der Waals surface area contributed by atoms with Crippen molar-refractivity contribution in [2.45, 2.75) is 18.9 Å². The smallest absolute Gasteiger partial charge is 0.338 e. The SMILES string of the molecule is N#COC(=O)[C@H]1CCCN1. The molecule has 0 radical (unpaired) electrons. The van der Waals surface area contributed by atoms with Crippen LogP contribution >= 0.6 is 0 Å². The summed E-state index contributed by atoms with van der Waals surface area (Å²) in [5.41, 5.74) is 0. The monoisotopic (exact) mass is 140 g/mol. The van der Waals surface area contributed by atoms with Crippen molar-refractivity contribution in [2.75, 3.05) is 6.54 Å². The summed E-state index contributed by atoms with van der Waals surface area (Å²) in [4.78, 5) is 10.7. The van der Waals surface area contributed by atoms with Crippen LogP contribution in [0.4, 0.5) is 0 Å². The number of carbonyl (C=O) groups is 1. The zero-order chi connectivity index (χ0) is 7.40. The molecule has 1 N–H and O–H groups in total. The Kier molecular flexibility index (Phi) is 2.24. The molecule has 1 atom stereocenters. The van der Waals surface area contributed by atoms with Gasteiger partial charge in [0.05, 0.1) is 0 Å². The average molecular weight is 140 g/mol. The number of nitrogens with one attached hydrogen (secondary N) is 1. The van der Waals surface area contributed by atoms with Gasteiger partial charge < -0.3 is 10.1 Å². The lowest BCUT2D eigenvalue weighted by molar-refractivity contribution is -0.139. The van der Waals surface area contributed by atoms with Gasteiger partial charge in [0.25, 0.3) is 6.26 Å². The topological polar surface area (TPSA) is 62.1 Å². The molecule has 0 spiro atoms. The molecule has 0 unspecified atom stereocenters. The molecular formula is C6H8N2O2. The van der Waals surface area contributed by atoms with E-state index < -0.39 is 5.97 Å². The Balaban J connectivity index is 2.34. The summed E-state index contributed by atoms with van der Waals surface area (Å²) >= 11 is 0. The first-order valence-corrected chi connectivity index (χ1v) is 3.18. The maximum absolute atomic E-state index is 10.7. The highest BCUT2D eigenvalue weighted by Crippen LogP contribution is 2.05. The van der Waals surface area contributed by atoms with E-state index in [1.807, 2.05) is 0 Å². The second kappa shape index (κ2) is 3.18. The predicted octanol–water partition coefficient (Wildman–Crippen LogP) is -0.237. The second-order valence-corrected chi connectivity index (χ2v) is 2.16. The summed E-state index contributed by atoms with van der Waals surface area (Å²) in [6.45, 7) is 0.838. The summed E-state index contributed by atoms with van der Waals surface area (Å²) in [5.74, 6) is -0.458. The van der Waals surface area contributed by atoms with Gasteiger partial charge in [0.15, 0.2) is 0 Å². The number of esters is 1. The molecule has 0 bridgehead atoms. The van der Waals surface area contributed by atoms with E-state index in [4.69, 9.17) is 5.26 Å². The number of rotatable bonds is 1. The highest BCUT2D eigenvalue weighted by molar-refractivity contribution is 5.76. The molecule has 4 nitrogen and oxygen atoms in total. The number of carbonyl (C=O) groups excluding carboxylic acids is 1. The molecule has 1 saturated heterocycles. The molecule has 0 saturated carbocycles. The molecule has 1 rings (SSSR count). The van der Waals surface area contributed by atoms with Crippen molar-refractivity contribution in [2.24, 2.45) is 0 Å². The summed E-state index contributed by atoms with van der Waals surface area (Å²) in [6, 6.07) is -0.250. The Morgan fingerprint density at radius 3 is 3.10 bits per heavy atom. The summed E-state index contributed by atoms with van der Waals surface area (Å²) in [5, 5.41) is 10.9. The molecule has 1 fully saturated rings. The zero-order valence-electron chi connectivity index (χ0n) is 5.46. The first kappa shape index (κ1) is 7.03. The molecule has 1 heterocycles. The first-order chi connectivity index (χ1) is 4.84. The van der Waals surface area contributed by atoms with E-state index in [2.05, 4.69) is 10.1 Å². The average Bonchev–Trinajstić information content (AvgIpc) is 2.38. The first-order valence-electron chi connectivity index (χ1n) is 3.18. The molecule has 0 aromatic rings. The Labute approximate surface area is 58.8 Å². The van der Waals surface area contributed by atoms with Gasteiger partial charge in [-0.2, -0.15) is 0 Å². The molecule has 0 aliphatic carbocycles. The number of ether oxygens (including phenoxy) is 1. The fraction of sp³-hybridized carbons (Fsp3) is 0.667. The third-order valence-corrected chi connectivity index (χ3v) is 1.49. The predicted molar refractivity (Wildman–Crippen MR) is 32.7 cm³/mol. The van der Waals surface area contributed by atoms with Crippen LogP contribution in [0, 0.1) is 11.5 Å². The van der Waals surface area contributed by atoms with E-state index in [1.54, 1.807) is 0 Å². The second-order valence-electron chi connectivity index (χ2n) is 2.16. The van der Waals surface area contributed by atoms with Crippen LogP contribution in [0.5, 0.6) is 0 Å². The molecule has 0 amide bonds. The Bertz CT molecular complexity index is 167. The van der Waals surface area contributed by atoms with E-state index in [1.165, 1.54) is 6.26 Å². The summed E-state index contributed by atoms with van der Waals surface area (Å²) < 4.78 is 4.13. The fourth-order valence-corrected chi connectivity index (χ4v) is 1.00. The van der Waals surface area contributed by atoms with Gasteiger partial charge in [-0.1, -0.05) is 0 Å². The van der Waals surface area contributed by atoms with Crippen molar-refractivity contribution in [3.8, 4) is 6.26 Å². The van der Waals surface area contributed by atoms with Gasteiger partial charge in [-0.15, -0.1) is 5.26 Å². The quantitative estimate of drug-likeness (QED) is 0.403. The fourth-order valence-electron chi connectivity index (χ4n) is 1.00.